The molecule has 1 aromatic carbocycles. The van der Waals surface area contributed by atoms with Gasteiger partial charge >= 0.3 is 0 Å². The van der Waals surface area contributed by atoms with Crippen LogP contribution in [0.15, 0.2) is 29.4 Å². The van der Waals surface area contributed by atoms with Gasteiger partial charge in [0.2, 0.25) is 0 Å². The first kappa shape index (κ1) is 16.7. The van der Waals surface area contributed by atoms with Crippen molar-refractivity contribution in [3.8, 4) is 0 Å². The van der Waals surface area contributed by atoms with E-state index in [0.717, 1.165) is 37.2 Å². The van der Waals surface area contributed by atoms with E-state index in [9.17, 15) is 4.79 Å². The summed E-state index contributed by atoms with van der Waals surface area (Å²) in [6.45, 7) is 10.2. The first-order chi connectivity index (χ1) is 11.9. The van der Waals surface area contributed by atoms with Crippen LogP contribution in [0.3, 0.4) is 0 Å². The van der Waals surface area contributed by atoms with E-state index < -0.39 is 0 Å². The summed E-state index contributed by atoms with van der Waals surface area (Å²) >= 11 is 0. The van der Waals surface area contributed by atoms with Crippen LogP contribution in [0.2, 0.25) is 0 Å². The Hall–Kier alpha value is -1.71. The molecule has 1 aliphatic carbocycles. The molecule has 0 radical (unpaired) electrons. The Bertz CT molecular complexity index is 768. The van der Waals surface area contributed by atoms with E-state index >= 15 is 0 Å². The maximum atomic E-state index is 13.0. The van der Waals surface area contributed by atoms with Gasteiger partial charge in [-0.05, 0) is 55.5 Å². The second kappa shape index (κ2) is 6.22. The van der Waals surface area contributed by atoms with Gasteiger partial charge in [-0.25, -0.2) is 0 Å². The number of carbonyl (C=O) groups excluding carboxylic acids is 1. The number of ether oxygens (including phenoxy) is 2. The molecule has 2 saturated heterocycles. The predicted molar refractivity (Wildman–Crippen MR) is 98.6 cm³/mol. The molecule has 3 aliphatic rings. The number of hydrogen-bond donors (Lipinski definition) is 0. The van der Waals surface area contributed by atoms with Gasteiger partial charge in [-0.2, -0.15) is 0 Å². The molecule has 0 bridgehead atoms. The smallest absolute Gasteiger partial charge is 0.170 e. The Balaban J connectivity index is 1.68. The van der Waals surface area contributed by atoms with Crippen molar-refractivity contribution in [3.05, 3.63) is 51.6 Å². The molecular weight excluding hydrogens is 312 g/mol. The fourth-order valence-electron chi connectivity index (χ4n) is 3.99. The standard InChI is InChI=1S/C22H26O3/c1-12-5-16(6-13(2)19(12)8-17-10-24-17)21-7-14(3)20(9-18-11-25-18)15(4)22(21)23/h5-7,15,17-18H,8-11H2,1-4H3. The number of benzene rings is 1. The minimum atomic E-state index is -0.0515. The predicted octanol–water partition coefficient (Wildman–Crippen LogP) is 3.95. The minimum absolute atomic E-state index is 0.0515. The number of rotatable bonds is 5. The highest BCUT2D eigenvalue weighted by atomic mass is 16.6. The third-order valence-electron chi connectivity index (χ3n) is 5.74. The van der Waals surface area contributed by atoms with Crippen molar-refractivity contribution in [1.82, 2.24) is 0 Å². The van der Waals surface area contributed by atoms with Gasteiger partial charge < -0.3 is 9.47 Å². The van der Waals surface area contributed by atoms with Crippen LogP contribution < -0.4 is 0 Å². The lowest BCUT2D eigenvalue weighted by atomic mass is 9.78. The summed E-state index contributed by atoms with van der Waals surface area (Å²) in [4.78, 5) is 13.0. The Morgan fingerprint density at radius 2 is 1.56 bits per heavy atom. The summed E-state index contributed by atoms with van der Waals surface area (Å²) in [5.74, 6) is 0.183. The number of allylic oxidation sites excluding steroid dienone is 3. The summed E-state index contributed by atoms with van der Waals surface area (Å²) < 4.78 is 10.7. The molecule has 2 heterocycles. The van der Waals surface area contributed by atoms with E-state index in [1.54, 1.807) is 0 Å². The average molecular weight is 338 g/mol. The minimum Gasteiger partial charge on any atom is -0.373 e. The van der Waals surface area contributed by atoms with Crippen LogP contribution >= 0.6 is 0 Å². The van der Waals surface area contributed by atoms with Gasteiger partial charge in [0.05, 0.1) is 25.4 Å². The molecule has 2 fully saturated rings. The van der Waals surface area contributed by atoms with Gasteiger partial charge in [-0.15, -0.1) is 0 Å². The first-order valence-electron chi connectivity index (χ1n) is 9.23. The lowest BCUT2D eigenvalue weighted by molar-refractivity contribution is -0.116. The van der Waals surface area contributed by atoms with E-state index in [1.807, 2.05) is 6.92 Å². The molecule has 3 nitrogen and oxygen atoms in total. The molecule has 4 rings (SSSR count). The molecule has 0 aromatic heterocycles. The fourth-order valence-corrected chi connectivity index (χ4v) is 3.99. The fraction of sp³-hybridized carbons (Fsp3) is 0.500. The zero-order valence-electron chi connectivity index (χ0n) is 15.5. The van der Waals surface area contributed by atoms with E-state index in [0.29, 0.717) is 12.2 Å². The van der Waals surface area contributed by atoms with Crippen LogP contribution in [-0.4, -0.2) is 31.2 Å². The highest BCUT2D eigenvalue weighted by molar-refractivity contribution is 6.24. The monoisotopic (exact) mass is 338 g/mol. The largest absolute Gasteiger partial charge is 0.373 e. The van der Waals surface area contributed by atoms with Crippen molar-refractivity contribution in [1.29, 1.82) is 0 Å². The molecule has 0 spiro atoms. The molecule has 25 heavy (non-hydrogen) atoms. The van der Waals surface area contributed by atoms with Crippen molar-refractivity contribution in [2.24, 2.45) is 5.92 Å². The third-order valence-corrected chi connectivity index (χ3v) is 5.74. The van der Waals surface area contributed by atoms with Gasteiger partial charge in [0.25, 0.3) is 0 Å². The lowest BCUT2D eigenvalue weighted by Gasteiger charge is -2.24. The first-order valence-corrected chi connectivity index (χ1v) is 9.23. The average Bonchev–Trinajstić information content (AvgIpc) is 3.46. The summed E-state index contributed by atoms with van der Waals surface area (Å²) in [5.41, 5.74) is 8.24. The van der Waals surface area contributed by atoms with Crippen molar-refractivity contribution >= 4 is 11.4 Å². The molecule has 3 atom stereocenters. The number of ketones is 1. The number of epoxide rings is 2. The summed E-state index contributed by atoms with van der Waals surface area (Å²) in [6, 6.07) is 4.34. The van der Waals surface area contributed by atoms with Gasteiger partial charge in [-0.3, -0.25) is 4.79 Å². The quantitative estimate of drug-likeness (QED) is 0.763. The third kappa shape index (κ3) is 3.36. The van der Waals surface area contributed by atoms with Gasteiger partial charge in [0, 0.05) is 17.9 Å². The Kier molecular flexibility index (Phi) is 4.17. The topological polar surface area (TPSA) is 42.1 Å². The van der Waals surface area contributed by atoms with Gasteiger partial charge in [-0.1, -0.05) is 30.2 Å². The van der Waals surface area contributed by atoms with Crippen molar-refractivity contribution in [2.75, 3.05) is 13.2 Å². The van der Waals surface area contributed by atoms with Crippen LogP contribution in [0, 0.1) is 19.8 Å². The van der Waals surface area contributed by atoms with Crippen molar-refractivity contribution in [2.45, 2.75) is 52.7 Å². The zero-order valence-corrected chi connectivity index (χ0v) is 15.5. The summed E-state index contributed by atoms with van der Waals surface area (Å²) in [7, 11) is 0. The maximum absolute atomic E-state index is 13.0. The summed E-state index contributed by atoms with van der Waals surface area (Å²) in [6.07, 6.45) is 4.66. The van der Waals surface area contributed by atoms with E-state index in [2.05, 4.69) is 39.0 Å². The Morgan fingerprint density at radius 3 is 2.12 bits per heavy atom. The van der Waals surface area contributed by atoms with Crippen LogP contribution in [0.1, 0.15) is 42.5 Å². The summed E-state index contributed by atoms with van der Waals surface area (Å²) in [5, 5.41) is 0. The highest BCUT2D eigenvalue weighted by Crippen LogP contribution is 2.37. The Labute approximate surface area is 149 Å². The van der Waals surface area contributed by atoms with E-state index in [4.69, 9.17) is 9.47 Å². The second-order valence-corrected chi connectivity index (χ2v) is 7.76. The van der Waals surface area contributed by atoms with E-state index in [1.165, 1.54) is 27.8 Å². The highest BCUT2D eigenvalue weighted by Gasteiger charge is 2.33. The number of hydrogen-bond acceptors (Lipinski definition) is 3. The number of Topliss-reactive ketones (excluding diaryl/α,β-unsaturated/α-hetero) is 1. The van der Waals surface area contributed by atoms with Gasteiger partial charge in [0.1, 0.15) is 0 Å². The molecular formula is C22H26O3. The molecule has 0 N–H and O–H groups in total. The van der Waals surface area contributed by atoms with E-state index in [-0.39, 0.29) is 11.7 Å². The Morgan fingerprint density at radius 1 is 1.00 bits per heavy atom. The molecule has 3 heteroatoms. The van der Waals surface area contributed by atoms with Crippen LogP contribution in [-0.2, 0) is 20.7 Å². The molecule has 0 saturated carbocycles. The van der Waals surface area contributed by atoms with Crippen molar-refractivity contribution < 1.29 is 14.3 Å². The molecule has 132 valence electrons. The molecule has 0 amide bonds. The zero-order chi connectivity index (χ0) is 17.7. The second-order valence-electron chi connectivity index (χ2n) is 7.76. The molecule has 1 aromatic rings. The lowest BCUT2D eigenvalue weighted by Crippen LogP contribution is -2.21. The van der Waals surface area contributed by atoms with Crippen LogP contribution in [0.4, 0.5) is 0 Å². The number of carbonyl (C=O) groups is 1. The van der Waals surface area contributed by atoms with Crippen LogP contribution in [0.25, 0.3) is 5.57 Å². The number of aryl methyl sites for hydroxylation is 2. The normalized spacial score (nSPS) is 28.2. The SMILES string of the molecule is CC1=C(CC2CO2)C(C)C(=O)C(c2cc(C)c(CC3CO3)c(C)c2)=C1. The maximum Gasteiger partial charge on any atom is 0.170 e. The molecule has 2 aliphatic heterocycles. The molecule has 3 unspecified atom stereocenters. The van der Waals surface area contributed by atoms with Crippen molar-refractivity contribution in [3.63, 3.8) is 0 Å². The van der Waals surface area contributed by atoms with Crippen LogP contribution in [0.5, 0.6) is 0 Å². The van der Waals surface area contributed by atoms with Gasteiger partial charge in [0.15, 0.2) is 5.78 Å².